The van der Waals surface area contributed by atoms with E-state index in [4.69, 9.17) is 0 Å². The fourth-order valence-corrected chi connectivity index (χ4v) is 0.486. The van der Waals surface area contributed by atoms with Gasteiger partial charge in [0.1, 0.15) is 0 Å². The largest absolute Gasteiger partial charge is 0.525 e. The maximum atomic E-state index is 12.1. The number of hydrogen-bond acceptors (Lipinski definition) is 1. The Kier molecular flexibility index (Phi) is 4.14. The molecule has 0 radical (unpaired) electrons. The molecular weight excluding hydrogens is 249 g/mol. The molecule has 0 amide bonds. The van der Waals surface area contributed by atoms with Crippen LogP contribution in [0, 0.1) is 0 Å². The molecule has 0 aliphatic heterocycles. The minimum Gasteiger partial charge on any atom is -0.255 e. The van der Waals surface area contributed by atoms with Crippen LogP contribution < -0.4 is 0 Å². The molecule has 0 aliphatic carbocycles. The van der Waals surface area contributed by atoms with Crippen LogP contribution >= 0.6 is 23.2 Å². The first kappa shape index (κ1) is 13.1. The minimum absolute atomic E-state index is 2.56. The average molecular weight is 251 g/mol. The molecule has 0 aromatic heterocycles. The van der Waals surface area contributed by atoms with E-state index in [0.29, 0.717) is 0 Å². The quantitative estimate of drug-likeness (QED) is 0.552. The van der Waals surface area contributed by atoms with Crippen LogP contribution in [-0.2, 0) is 4.74 Å². The topological polar surface area (TPSA) is 9.23 Å². The molecule has 13 heavy (non-hydrogen) atoms. The molecule has 2 atom stereocenters. The van der Waals surface area contributed by atoms with Crippen molar-refractivity contribution in [2.45, 2.75) is 23.5 Å². The number of hydrogen-bond donors (Lipinski definition) is 0. The van der Waals surface area contributed by atoms with Crippen molar-refractivity contribution in [1.82, 2.24) is 0 Å². The molecule has 0 saturated carbocycles. The summed E-state index contributed by atoms with van der Waals surface area (Å²) in [6.07, 6.45) is -8.80. The van der Waals surface area contributed by atoms with Crippen LogP contribution in [0.4, 0.5) is 26.3 Å². The van der Waals surface area contributed by atoms with Crippen molar-refractivity contribution in [1.29, 1.82) is 0 Å². The molecule has 0 rings (SSSR count). The smallest absolute Gasteiger partial charge is 0.255 e. The molecule has 1 nitrogen and oxygen atoms in total. The van der Waals surface area contributed by atoms with Crippen LogP contribution in [0.25, 0.3) is 0 Å². The molecule has 0 aromatic rings. The van der Waals surface area contributed by atoms with E-state index in [0.717, 1.165) is 0 Å². The van der Waals surface area contributed by atoms with Gasteiger partial charge in [-0.3, -0.25) is 4.74 Å². The molecule has 2 unspecified atom stereocenters. The Balaban J connectivity index is 4.20. The fraction of sp³-hybridized carbons (Fsp3) is 1.00. The number of halogens is 8. The normalized spacial score (nSPS) is 18.5. The monoisotopic (exact) mass is 250 g/mol. The highest BCUT2D eigenvalue weighted by molar-refractivity contribution is 6.31. The van der Waals surface area contributed by atoms with E-state index in [9.17, 15) is 26.3 Å². The SMILES string of the molecule is FC(OC(F)(F)F)C(Cl)C(F)(F)Cl. The van der Waals surface area contributed by atoms with Crippen LogP contribution in [0.3, 0.4) is 0 Å². The van der Waals surface area contributed by atoms with Crippen molar-refractivity contribution in [3.8, 4) is 0 Å². The molecule has 0 aliphatic rings. The molecule has 0 aromatic carbocycles. The lowest BCUT2D eigenvalue weighted by Gasteiger charge is -2.19. The third-order valence-electron chi connectivity index (χ3n) is 0.789. The summed E-state index contributed by atoms with van der Waals surface area (Å²) in [5, 5.41) is -7.22. The highest BCUT2D eigenvalue weighted by Crippen LogP contribution is 2.34. The first-order valence-electron chi connectivity index (χ1n) is 2.63. The van der Waals surface area contributed by atoms with Crippen LogP contribution in [0.5, 0.6) is 0 Å². The standard InChI is InChI=1S/C4H2Cl2F6O/c5-1(3(6,8)9)2(7)13-4(10,11)12/h1-2H. The van der Waals surface area contributed by atoms with E-state index >= 15 is 0 Å². The lowest BCUT2D eigenvalue weighted by molar-refractivity contribution is -0.362. The van der Waals surface area contributed by atoms with Gasteiger partial charge in [-0.2, -0.15) is 8.78 Å². The van der Waals surface area contributed by atoms with Gasteiger partial charge < -0.3 is 0 Å². The van der Waals surface area contributed by atoms with Crippen molar-refractivity contribution in [2.75, 3.05) is 0 Å². The van der Waals surface area contributed by atoms with Crippen molar-refractivity contribution in [2.24, 2.45) is 0 Å². The molecular formula is C4H2Cl2F6O. The summed E-state index contributed by atoms with van der Waals surface area (Å²) in [5.74, 6) is 0. The van der Waals surface area contributed by atoms with Gasteiger partial charge in [0.15, 0.2) is 5.38 Å². The van der Waals surface area contributed by atoms with Crippen molar-refractivity contribution >= 4 is 23.2 Å². The Hall–Kier alpha value is 0.120. The van der Waals surface area contributed by atoms with Gasteiger partial charge in [0.2, 0.25) is 6.36 Å². The average Bonchev–Trinajstić information content (AvgIpc) is 1.79. The molecule has 0 bridgehead atoms. The summed E-state index contributed by atoms with van der Waals surface area (Å²) in [7, 11) is 0. The molecule has 0 saturated heterocycles. The van der Waals surface area contributed by atoms with E-state index in [1.54, 1.807) is 0 Å². The lowest BCUT2D eigenvalue weighted by atomic mass is 10.4. The van der Waals surface area contributed by atoms with E-state index < -0.39 is 23.5 Å². The first-order valence-corrected chi connectivity index (χ1v) is 3.45. The van der Waals surface area contributed by atoms with Crippen LogP contribution in [-0.4, -0.2) is 23.5 Å². The minimum atomic E-state index is -5.38. The van der Waals surface area contributed by atoms with Crippen LogP contribution in [0.15, 0.2) is 0 Å². The second kappa shape index (κ2) is 4.10. The first-order chi connectivity index (χ1) is 5.54. The molecule has 0 fully saturated rings. The Labute approximate surface area is 78.5 Å². The Bertz CT molecular complexity index is 165. The second-order valence-electron chi connectivity index (χ2n) is 1.86. The summed E-state index contributed by atoms with van der Waals surface area (Å²) in [4.78, 5) is 0. The molecule has 9 heteroatoms. The zero-order valence-electron chi connectivity index (χ0n) is 5.59. The highest BCUT2D eigenvalue weighted by Gasteiger charge is 2.47. The fourth-order valence-electron chi connectivity index (χ4n) is 0.336. The van der Waals surface area contributed by atoms with Gasteiger partial charge in [0.25, 0.3) is 0 Å². The van der Waals surface area contributed by atoms with Gasteiger partial charge in [0.05, 0.1) is 0 Å². The summed E-state index contributed by atoms with van der Waals surface area (Å²) in [6, 6.07) is 0. The van der Waals surface area contributed by atoms with E-state index in [1.165, 1.54) is 0 Å². The van der Waals surface area contributed by atoms with Gasteiger partial charge in [-0.15, -0.1) is 24.8 Å². The summed E-state index contributed by atoms with van der Waals surface area (Å²) in [5.41, 5.74) is 0. The summed E-state index contributed by atoms with van der Waals surface area (Å²) < 4.78 is 72.2. The molecule has 0 N–H and O–H groups in total. The Morgan fingerprint density at radius 1 is 1.08 bits per heavy atom. The van der Waals surface area contributed by atoms with E-state index in [-0.39, 0.29) is 0 Å². The summed E-state index contributed by atoms with van der Waals surface area (Å²) >= 11 is 8.69. The third kappa shape index (κ3) is 5.43. The maximum absolute atomic E-state index is 12.1. The van der Waals surface area contributed by atoms with Crippen LogP contribution in [0.1, 0.15) is 0 Å². The van der Waals surface area contributed by atoms with E-state index in [1.807, 2.05) is 0 Å². The molecule has 0 spiro atoms. The second-order valence-corrected chi connectivity index (χ2v) is 2.83. The number of rotatable bonds is 3. The van der Waals surface area contributed by atoms with Crippen molar-refractivity contribution in [3.05, 3.63) is 0 Å². The maximum Gasteiger partial charge on any atom is 0.525 e. The molecule has 0 heterocycles. The highest BCUT2D eigenvalue weighted by atomic mass is 35.5. The van der Waals surface area contributed by atoms with Gasteiger partial charge in [-0.1, -0.05) is 0 Å². The van der Waals surface area contributed by atoms with Crippen LogP contribution in [0.2, 0.25) is 0 Å². The number of ether oxygens (including phenoxy) is 1. The van der Waals surface area contributed by atoms with Crippen molar-refractivity contribution < 1.29 is 31.1 Å². The van der Waals surface area contributed by atoms with Crippen molar-refractivity contribution in [3.63, 3.8) is 0 Å². The Morgan fingerprint density at radius 3 is 1.69 bits per heavy atom. The predicted molar refractivity (Wildman–Crippen MR) is 32.5 cm³/mol. The zero-order chi connectivity index (χ0) is 10.9. The third-order valence-corrected chi connectivity index (χ3v) is 1.61. The molecule has 80 valence electrons. The van der Waals surface area contributed by atoms with E-state index in [2.05, 4.69) is 27.9 Å². The lowest BCUT2D eigenvalue weighted by Crippen LogP contribution is -2.36. The number of alkyl halides is 8. The Morgan fingerprint density at radius 2 is 1.46 bits per heavy atom. The van der Waals surface area contributed by atoms with Gasteiger partial charge in [0, 0.05) is 0 Å². The van der Waals surface area contributed by atoms with Gasteiger partial charge >= 0.3 is 11.7 Å². The zero-order valence-corrected chi connectivity index (χ0v) is 7.10. The summed E-state index contributed by atoms with van der Waals surface area (Å²) in [6.45, 7) is 0. The van der Waals surface area contributed by atoms with Gasteiger partial charge in [-0.05, 0) is 11.6 Å². The predicted octanol–water partition coefficient (Wildman–Crippen LogP) is 3.26. The van der Waals surface area contributed by atoms with Gasteiger partial charge in [-0.25, -0.2) is 4.39 Å².